The highest BCUT2D eigenvalue weighted by molar-refractivity contribution is 6.10. The number of hydrogen-bond donors (Lipinski definition) is 4. The van der Waals surface area contributed by atoms with Crippen molar-refractivity contribution in [3.05, 3.63) is 28.8 Å². The molecule has 2 saturated heterocycles. The molecule has 2 aliphatic rings. The first kappa shape index (κ1) is 25.2. The summed E-state index contributed by atoms with van der Waals surface area (Å²) < 4.78 is 0. The van der Waals surface area contributed by atoms with Gasteiger partial charge in [0.1, 0.15) is 39.3 Å². The Morgan fingerprint density at radius 1 is 0.919 bits per heavy atom. The highest BCUT2D eigenvalue weighted by Crippen LogP contribution is 2.38. The van der Waals surface area contributed by atoms with E-state index in [0.717, 1.165) is 39.3 Å². The van der Waals surface area contributed by atoms with Crippen molar-refractivity contribution in [3.8, 4) is 17.2 Å². The molecule has 0 radical (unpaired) electrons. The molecule has 2 fully saturated rings. The van der Waals surface area contributed by atoms with Gasteiger partial charge in [0.05, 0.1) is 17.7 Å². The minimum atomic E-state index is -0.323. The first-order chi connectivity index (χ1) is 17.9. The maximum absolute atomic E-state index is 13.0. The number of likely N-dealkylation sites (tertiary alicyclic amines) is 2. The number of hydrogen-bond acceptors (Lipinski definition) is 9. The van der Waals surface area contributed by atoms with Crippen molar-refractivity contribution >= 4 is 34.2 Å². The molecule has 0 saturated carbocycles. The smallest absolute Gasteiger partial charge is 0.253 e. The van der Waals surface area contributed by atoms with Crippen molar-refractivity contribution in [2.24, 2.45) is 4.99 Å². The zero-order valence-corrected chi connectivity index (χ0v) is 21.2. The summed E-state index contributed by atoms with van der Waals surface area (Å²) in [6, 6.07) is 2.92. The molecule has 0 bridgehead atoms. The summed E-state index contributed by atoms with van der Waals surface area (Å²) in [4.78, 5) is 31.3. The van der Waals surface area contributed by atoms with Crippen LogP contribution >= 0.6 is 0 Å². The van der Waals surface area contributed by atoms with Gasteiger partial charge in [-0.25, -0.2) is 9.97 Å². The molecular formula is C27H34N6O4. The summed E-state index contributed by atoms with van der Waals surface area (Å²) in [7, 11) is 0. The lowest BCUT2D eigenvalue weighted by molar-refractivity contribution is 0.0951. The van der Waals surface area contributed by atoms with E-state index < -0.39 is 0 Å². The Morgan fingerprint density at radius 2 is 1.57 bits per heavy atom. The summed E-state index contributed by atoms with van der Waals surface area (Å²) >= 11 is 0. The van der Waals surface area contributed by atoms with E-state index in [1.165, 1.54) is 37.8 Å². The minimum Gasteiger partial charge on any atom is -0.507 e. The monoisotopic (exact) mass is 506 g/mol. The second-order valence-corrected chi connectivity index (χ2v) is 9.87. The van der Waals surface area contributed by atoms with E-state index in [9.17, 15) is 20.1 Å². The van der Waals surface area contributed by atoms with Crippen LogP contribution in [0.3, 0.4) is 0 Å². The van der Waals surface area contributed by atoms with Gasteiger partial charge in [0.2, 0.25) is 0 Å². The van der Waals surface area contributed by atoms with Gasteiger partial charge in [-0.15, -0.1) is 0 Å². The molecule has 5 rings (SSSR count). The number of carbonyl (C=O) groups excluding carboxylic acids is 1. The van der Waals surface area contributed by atoms with Gasteiger partial charge < -0.3 is 30.4 Å². The molecule has 0 aliphatic carbocycles. The zero-order chi connectivity index (χ0) is 25.9. The van der Waals surface area contributed by atoms with E-state index in [1.54, 1.807) is 13.1 Å². The maximum Gasteiger partial charge on any atom is 0.253 e. The average molecular weight is 507 g/mol. The number of benzene rings is 2. The Hall–Kier alpha value is -3.50. The lowest BCUT2D eigenvalue weighted by atomic mass is 10.0. The second-order valence-electron chi connectivity index (χ2n) is 9.87. The van der Waals surface area contributed by atoms with Crippen LogP contribution in [0.5, 0.6) is 17.2 Å². The lowest BCUT2D eigenvalue weighted by Gasteiger charge is -2.16. The molecule has 0 unspecified atom stereocenters. The Morgan fingerprint density at radius 3 is 2.27 bits per heavy atom. The van der Waals surface area contributed by atoms with Gasteiger partial charge in [-0.05, 0) is 70.9 Å². The topological polar surface area (TPSA) is 134 Å². The number of phenolic OH excluding ortho intramolecular Hbond substituents is 3. The number of aromatic hydroxyl groups is 3. The quantitative estimate of drug-likeness (QED) is 0.271. The molecule has 10 nitrogen and oxygen atoms in total. The molecule has 4 N–H and O–H groups in total. The van der Waals surface area contributed by atoms with Gasteiger partial charge in [-0.3, -0.25) is 9.79 Å². The number of fused-ring (bicyclic) bond motifs is 2. The van der Waals surface area contributed by atoms with Crippen molar-refractivity contribution in [2.75, 3.05) is 52.4 Å². The molecule has 37 heavy (non-hydrogen) atoms. The van der Waals surface area contributed by atoms with Crippen LogP contribution in [-0.4, -0.2) is 99.6 Å². The summed E-state index contributed by atoms with van der Waals surface area (Å²) in [6.45, 7) is 8.50. The molecule has 3 aromatic rings. The number of phenols is 3. The first-order valence-corrected chi connectivity index (χ1v) is 13.0. The van der Waals surface area contributed by atoms with Crippen molar-refractivity contribution in [2.45, 2.75) is 32.6 Å². The fraction of sp³-hybridized carbons (Fsp3) is 0.481. The van der Waals surface area contributed by atoms with Crippen molar-refractivity contribution in [1.82, 2.24) is 25.1 Å². The van der Waals surface area contributed by atoms with Gasteiger partial charge in [0.25, 0.3) is 5.91 Å². The largest absolute Gasteiger partial charge is 0.507 e. The zero-order valence-electron chi connectivity index (χ0n) is 21.2. The van der Waals surface area contributed by atoms with Crippen molar-refractivity contribution < 1.29 is 20.1 Å². The first-order valence-electron chi connectivity index (χ1n) is 13.0. The van der Waals surface area contributed by atoms with Crippen LogP contribution in [0.15, 0.2) is 17.1 Å². The molecular weight excluding hydrogens is 472 g/mol. The third kappa shape index (κ3) is 5.17. The molecule has 0 spiro atoms. The molecule has 196 valence electrons. The fourth-order valence-corrected chi connectivity index (χ4v) is 5.17. The van der Waals surface area contributed by atoms with E-state index in [2.05, 4.69) is 30.1 Å². The maximum atomic E-state index is 13.0. The molecule has 1 amide bonds. The molecule has 2 aliphatic heterocycles. The highest BCUT2D eigenvalue weighted by Gasteiger charge is 2.22. The predicted octanol–water partition coefficient (Wildman–Crippen LogP) is 2.55. The third-order valence-corrected chi connectivity index (χ3v) is 7.37. The van der Waals surface area contributed by atoms with Crippen LogP contribution in [0.4, 0.5) is 0 Å². The Kier molecular flexibility index (Phi) is 7.38. The minimum absolute atomic E-state index is 0.120. The van der Waals surface area contributed by atoms with Gasteiger partial charge in [-0.2, -0.15) is 0 Å². The molecule has 1 aromatic heterocycles. The lowest BCUT2D eigenvalue weighted by Crippen LogP contribution is -2.33. The van der Waals surface area contributed by atoms with Crippen LogP contribution < -0.4 is 5.32 Å². The van der Waals surface area contributed by atoms with Gasteiger partial charge in [0.15, 0.2) is 0 Å². The molecule has 2 aromatic carbocycles. The highest BCUT2D eigenvalue weighted by atomic mass is 16.3. The average Bonchev–Trinajstić information content (AvgIpc) is 3.61. The third-order valence-electron chi connectivity index (χ3n) is 7.37. The van der Waals surface area contributed by atoms with E-state index in [4.69, 9.17) is 0 Å². The number of aliphatic imine (C=N–C) groups is 1. The molecule has 0 atom stereocenters. The number of aromatic nitrogens is 2. The Balaban J connectivity index is 1.48. The molecule has 10 heteroatoms. The standard InChI is InChI=1S/C27H34N6O4/c1-17-25(35)19(16-28-8-14-32-10-2-3-11-32)22-24(26(17)36)31-21-18(6-7-20(34)23(21)30-22)27(37)29-9-15-33-12-4-5-13-33/h6-7,16,34-36H,2-5,8-15H2,1H3,(H,29,37). The van der Waals surface area contributed by atoms with E-state index >= 15 is 0 Å². The fourth-order valence-electron chi connectivity index (χ4n) is 5.17. The number of carbonyl (C=O) groups is 1. The van der Waals surface area contributed by atoms with Crippen LogP contribution in [-0.2, 0) is 0 Å². The summed E-state index contributed by atoms with van der Waals surface area (Å²) in [5.74, 6) is -0.829. The normalized spacial score (nSPS) is 17.0. The van der Waals surface area contributed by atoms with E-state index in [1.807, 2.05) is 0 Å². The van der Waals surface area contributed by atoms with Crippen LogP contribution in [0.1, 0.15) is 47.2 Å². The number of nitrogens with one attached hydrogen (secondary N) is 1. The summed E-state index contributed by atoms with van der Waals surface area (Å²) in [6.07, 6.45) is 6.33. The number of nitrogens with zero attached hydrogens (tertiary/aromatic N) is 5. The van der Waals surface area contributed by atoms with Crippen LogP contribution in [0, 0.1) is 6.92 Å². The van der Waals surface area contributed by atoms with E-state index in [0.29, 0.717) is 18.7 Å². The van der Waals surface area contributed by atoms with E-state index in [-0.39, 0.29) is 56.3 Å². The summed E-state index contributed by atoms with van der Waals surface area (Å²) in [5.41, 5.74) is 1.48. The molecule has 3 heterocycles. The van der Waals surface area contributed by atoms with Gasteiger partial charge in [0, 0.05) is 31.4 Å². The van der Waals surface area contributed by atoms with Crippen molar-refractivity contribution in [3.63, 3.8) is 0 Å². The van der Waals surface area contributed by atoms with Gasteiger partial charge >= 0.3 is 0 Å². The van der Waals surface area contributed by atoms with Gasteiger partial charge in [-0.1, -0.05) is 0 Å². The summed E-state index contributed by atoms with van der Waals surface area (Å²) in [5, 5.41) is 35.1. The Labute approximate surface area is 215 Å². The van der Waals surface area contributed by atoms with Crippen LogP contribution in [0.25, 0.3) is 22.1 Å². The van der Waals surface area contributed by atoms with Crippen LogP contribution in [0.2, 0.25) is 0 Å². The second kappa shape index (κ2) is 10.9. The van der Waals surface area contributed by atoms with Crippen molar-refractivity contribution in [1.29, 1.82) is 0 Å². The number of amides is 1. The Bertz CT molecular complexity index is 1350. The number of rotatable bonds is 8. The predicted molar refractivity (Wildman–Crippen MR) is 143 cm³/mol. The SMILES string of the molecule is Cc1c(O)c(C=NCCN2CCCC2)c2nc3c(O)ccc(C(=O)NCCN4CCCC4)c3nc2c1O.